The van der Waals surface area contributed by atoms with Crippen molar-refractivity contribution in [1.29, 1.82) is 0 Å². The van der Waals surface area contributed by atoms with Gasteiger partial charge in [-0.2, -0.15) is 0 Å². The van der Waals surface area contributed by atoms with Gasteiger partial charge in [-0.25, -0.2) is 18.7 Å². The molecule has 3 rings (SSSR count). The van der Waals surface area contributed by atoms with Crippen LogP contribution in [0.15, 0.2) is 36.8 Å². The molecule has 0 radical (unpaired) electrons. The summed E-state index contributed by atoms with van der Waals surface area (Å²) >= 11 is 0. The molecule has 2 aromatic heterocycles. The average Bonchev–Trinajstić information content (AvgIpc) is 2.62. The van der Waals surface area contributed by atoms with E-state index < -0.39 is 6.43 Å². The van der Waals surface area contributed by atoms with Gasteiger partial charge in [0.25, 0.3) is 12.3 Å². The number of hydrogen-bond donors (Lipinski definition) is 0. The van der Waals surface area contributed by atoms with Crippen molar-refractivity contribution in [2.75, 3.05) is 31.1 Å². The summed E-state index contributed by atoms with van der Waals surface area (Å²) in [5.41, 5.74) is 0.116. The highest BCUT2D eigenvalue weighted by Crippen LogP contribution is 2.21. The standard InChI is InChI=1S/C15H15F2N5O/c16-14(17)12-9-13(20-10-19-12)21-5-7-22(8-6-21)15(23)11-3-1-2-4-18-11/h1-4,9-10,14H,5-8H2. The molecule has 1 aliphatic rings. The molecule has 8 heteroatoms. The molecule has 6 nitrogen and oxygen atoms in total. The summed E-state index contributed by atoms with van der Waals surface area (Å²) in [7, 11) is 0. The molecule has 0 N–H and O–H groups in total. The maximum Gasteiger partial charge on any atom is 0.280 e. The average molecular weight is 319 g/mol. The van der Waals surface area contributed by atoms with E-state index in [1.807, 2.05) is 4.90 Å². The Morgan fingerprint density at radius 3 is 2.52 bits per heavy atom. The molecule has 23 heavy (non-hydrogen) atoms. The topological polar surface area (TPSA) is 62.2 Å². The van der Waals surface area contributed by atoms with E-state index in [0.717, 1.165) is 6.33 Å². The van der Waals surface area contributed by atoms with Gasteiger partial charge in [0.1, 0.15) is 23.5 Å². The van der Waals surface area contributed by atoms with Gasteiger partial charge in [0.15, 0.2) is 0 Å². The molecule has 3 heterocycles. The van der Waals surface area contributed by atoms with Gasteiger partial charge >= 0.3 is 0 Å². The molecule has 120 valence electrons. The number of carbonyl (C=O) groups is 1. The third-order valence-electron chi connectivity index (χ3n) is 3.67. The number of hydrogen-bond acceptors (Lipinski definition) is 5. The van der Waals surface area contributed by atoms with E-state index in [9.17, 15) is 13.6 Å². The van der Waals surface area contributed by atoms with E-state index in [4.69, 9.17) is 0 Å². The van der Waals surface area contributed by atoms with Crippen LogP contribution in [0, 0.1) is 0 Å². The predicted molar refractivity (Wildman–Crippen MR) is 79.3 cm³/mol. The summed E-state index contributed by atoms with van der Waals surface area (Å²) in [6.45, 7) is 2.03. The quantitative estimate of drug-likeness (QED) is 0.863. The van der Waals surface area contributed by atoms with Crippen molar-refractivity contribution in [3.63, 3.8) is 0 Å². The van der Waals surface area contributed by atoms with Crippen LogP contribution < -0.4 is 4.90 Å². The van der Waals surface area contributed by atoms with E-state index in [0.29, 0.717) is 37.7 Å². The number of alkyl halides is 2. The summed E-state index contributed by atoms with van der Waals surface area (Å²) in [5, 5.41) is 0. The molecule has 2 aromatic rings. The lowest BCUT2D eigenvalue weighted by Gasteiger charge is -2.35. The van der Waals surface area contributed by atoms with E-state index in [2.05, 4.69) is 15.0 Å². The second-order valence-corrected chi connectivity index (χ2v) is 5.10. The SMILES string of the molecule is O=C(c1ccccn1)N1CCN(c2cc(C(F)F)ncn2)CC1. The fraction of sp³-hybridized carbons (Fsp3) is 0.333. The molecule has 1 saturated heterocycles. The molecule has 0 saturated carbocycles. The van der Waals surface area contributed by atoms with Gasteiger partial charge in [0.05, 0.1) is 0 Å². The van der Waals surface area contributed by atoms with Crippen molar-refractivity contribution in [3.8, 4) is 0 Å². The number of aromatic nitrogens is 3. The van der Waals surface area contributed by atoms with Gasteiger partial charge in [0.2, 0.25) is 0 Å². The maximum atomic E-state index is 12.7. The number of piperazine rings is 1. The van der Waals surface area contributed by atoms with E-state index in [1.165, 1.54) is 6.07 Å². The molecule has 0 spiro atoms. The Morgan fingerprint density at radius 2 is 1.87 bits per heavy atom. The Hall–Kier alpha value is -2.64. The number of amides is 1. The summed E-state index contributed by atoms with van der Waals surface area (Å²) < 4.78 is 25.4. The lowest BCUT2D eigenvalue weighted by Crippen LogP contribution is -2.49. The highest BCUT2D eigenvalue weighted by Gasteiger charge is 2.24. The van der Waals surface area contributed by atoms with Gasteiger partial charge in [-0.05, 0) is 12.1 Å². The third-order valence-corrected chi connectivity index (χ3v) is 3.67. The highest BCUT2D eigenvalue weighted by atomic mass is 19.3. The van der Waals surface area contributed by atoms with Crippen molar-refractivity contribution < 1.29 is 13.6 Å². The van der Waals surface area contributed by atoms with Gasteiger partial charge in [0, 0.05) is 38.4 Å². The Balaban J connectivity index is 1.64. The van der Waals surface area contributed by atoms with Crippen LogP contribution in [-0.2, 0) is 0 Å². The molecular weight excluding hydrogens is 304 g/mol. The van der Waals surface area contributed by atoms with Crippen molar-refractivity contribution in [1.82, 2.24) is 19.9 Å². The van der Waals surface area contributed by atoms with Gasteiger partial charge in [-0.15, -0.1) is 0 Å². The lowest BCUT2D eigenvalue weighted by molar-refractivity contribution is 0.0740. The van der Waals surface area contributed by atoms with E-state index >= 15 is 0 Å². The monoisotopic (exact) mass is 319 g/mol. The Bertz CT molecular complexity index is 675. The van der Waals surface area contributed by atoms with Crippen molar-refractivity contribution in [2.45, 2.75) is 6.43 Å². The number of carbonyl (C=O) groups excluding carboxylic acids is 1. The molecule has 0 aliphatic carbocycles. The van der Waals surface area contributed by atoms with Crippen LogP contribution in [0.5, 0.6) is 0 Å². The first kappa shape index (κ1) is 15.3. The molecule has 0 unspecified atom stereocenters. The summed E-state index contributed by atoms with van der Waals surface area (Å²) in [4.78, 5) is 27.5. The predicted octanol–water partition coefficient (Wildman–Crippen LogP) is 1.77. The van der Waals surface area contributed by atoms with Crippen LogP contribution >= 0.6 is 0 Å². The number of rotatable bonds is 3. The highest BCUT2D eigenvalue weighted by molar-refractivity contribution is 5.92. The van der Waals surface area contributed by atoms with Crippen molar-refractivity contribution >= 4 is 11.7 Å². The first-order valence-corrected chi connectivity index (χ1v) is 7.20. The van der Waals surface area contributed by atoms with Gasteiger partial charge in [-0.1, -0.05) is 6.07 Å². The zero-order valence-electron chi connectivity index (χ0n) is 12.3. The second-order valence-electron chi connectivity index (χ2n) is 5.10. The van der Waals surface area contributed by atoms with Crippen molar-refractivity contribution in [2.24, 2.45) is 0 Å². The number of halogens is 2. The van der Waals surface area contributed by atoms with Gasteiger partial charge < -0.3 is 9.80 Å². The fourth-order valence-corrected chi connectivity index (χ4v) is 2.44. The van der Waals surface area contributed by atoms with Crippen LogP contribution in [-0.4, -0.2) is 51.9 Å². The number of anilines is 1. The van der Waals surface area contributed by atoms with E-state index in [1.54, 1.807) is 29.3 Å². The molecular formula is C15H15F2N5O. The van der Waals surface area contributed by atoms with Crippen LogP contribution in [0.2, 0.25) is 0 Å². The Kier molecular flexibility index (Phi) is 4.40. The molecule has 0 bridgehead atoms. The smallest absolute Gasteiger partial charge is 0.280 e. The van der Waals surface area contributed by atoms with Crippen LogP contribution in [0.3, 0.4) is 0 Å². The molecule has 1 fully saturated rings. The first-order chi connectivity index (χ1) is 11.1. The lowest BCUT2D eigenvalue weighted by atomic mass is 10.2. The molecule has 1 aliphatic heterocycles. The second kappa shape index (κ2) is 6.64. The summed E-state index contributed by atoms with van der Waals surface area (Å²) in [6.07, 6.45) is 0.0992. The Labute approximate surface area is 131 Å². The third kappa shape index (κ3) is 3.41. The normalized spacial score (nSPS) is 15.1. The Morgan fingerprint density at radius 1 is 1.09 bits per heavy atom. The zero-order valence-corrected chi connectivity index (χ0v) is 12.3. The zero-order chi connectivity index (χ0) is 16.2. The molecule has 1 amide bonds. The van der Waals surface area contributed by atoms with Crippen LogP contribution in [0.1, 0.15) is 22.6 Å². The van der Waals surface area contributed by atoms with Crippen LogP contribution in [0.4, 0.5) is 14.6 Å². The van der Waals surface area contributed by atoms with Crippen LogP contribution in [0.25, 0.3) is 0 Å². The summed E-state index contributed by atoms with van der Waals surface area (Å²) in [5.74, 6) is 0.335. The minimum atomic E-state index is -2.62. The summed E-state index contributed by atoms with van der Waals surface area (Å²) in [6, 6.07) is 6.49. The van der Waals surface area contributed by atoms with E-state index in [-0.39, 0.29) is 11.6 Å². The molecule has 0 atom stereocenters. The first-order valence-electron chi connectivity index (χ1n) is 7.20. The maximum absolute atomic E-state index is 12.7. The minimum absolute atomic E-state index is 0.124. The molecule has 0 aromatic carbocycles. The van der Waals surface area contributed by atoms with Gasteiger partial charge in [-0.3, -0.25) is 9.78 Å². The number of nitrogens with zero attached hydrogens (tertiary/aromatic N) is 5. The minimum Gasteiger partial charge on any atom is -0.353 e. The van der Waals surface area contributed by atoms with Crippen molar-refractivity contribution in [3.05, 3.63) is 48.2 Å². The number of pyridine rings is 1. The fourth-order valence-electron chi connectivity index (χ4n) is 2.44. The largest absolute Gasteiger partial charge is 0.353 e.